The first-order chi connectivity index (χ1) is 12.2. The van der Waals surface area contributed by atoms with Gasteiger partial charge in [0.1, 0.15) is 11.6 Å². The summed E-state index contributed by atoms with van der Waals surface area (Å²) >= 11 is 0. The summed E-state index contributed by atoms with van der Waals surface area (Å²) in [4.78, 5) is 6.71. The summed E-state index contributed by atoms with van der Waals surface area (Å²) in [6, 6.07) is 2.01. The topological polar surface area (TPSA) is 91.6 Å². The van der Waals surface area contributed by atoms with E-state index in [2.05, 4.69) is 32.0 Å². The van der Waals surface area contributed by atoms with Crippen LogP contribution in [-0.2, 0) is 4.74 Å². The number of likely N-dealkylation sites (tertiary alicyclic amines) is 1. The molecule has 2 fully saturated rings. The van der Waals surface area contributed by atoms with Crippen LogP contribution in [0.3, 0.4) is 0 Å². The van der Waals surface area contributed by atoms with Gasteiger partial charge in [-0.2, -0.15) is 5.10 Å². The SMILES string of the molecule is C=C(/N=C\C(COC)=C(/N)Nc1cc(C2CC2)[nH]n1)N1CCCCC1. The fourth-order valence-corrected chi connectivity index (χ4v) is 2.95. The molecule has 1 saturated carbocycles. The number of aromatic nitrogens is 2. The van der Waals surface area contributed by atoms with Gasteiger partial charge in [0, 0.05) is 49.7 Å². The van der Waals surface area contributed by atoms with E-state index in [1.807, 2.05) is 6.07 Å². The molecule has 4 N–H and O–H groups in total. The minimum atomic E-state index is 0.371. The van der Waals surface area contributed by atoms with E-state index in [0.29, 0.717) is 18.3 Å². The molecule has 136 valence electrons. The molecule has 2 aliphatic rings. The summed E-state index contributed by atoms with van der Waals surface area (Å²) < 4.78 is 5.25. The predicted octanol–water partition coefficient (Wildman–Crippen LogP) is 2.54. The number of nitrogens with zero attached hydrogens (tertiary/aromatic N) is 3. The lowest BCUT2D eigenvalue weighted by molar-refractivity contribution is 0.229. The highest BCUT2D eigenvalue weighted by molar-refractivity contribution is 5.81. The molecule has 0 radical (unpaired) electrons. The third-order valence-electron chi connectivity index (χ3n) is 4.61. The van der Waals surface area contributed by atoms with E-state index in [1.165, 1.54) is 32.1 Å². The molecule has 0 unspecified atom stereocenters. The van der Waals surface area contributed by atoms with Gasteiger partial charge >= 0.3 is 0 Å². The fraction of sp³-hybridized carbons (Fsp3) is 0.556. The Labute approximate surface area is 149 Å². The zero-order valence-electron chi connectivity index (χ0n) is 14.9. The summed E-state index contributed by atoms with van der Waals surface area (Å²) in [5.41, 5.74) is 8.14. The molecule has 1 aromatic rings. The number of nitrogens with one attached hydrogen (secondary N) is 2. The quantitative estimate of drug-likeness (QED) is 0.630. The van der Waals surface area contributed by atoms with Crippen molar-refractivity contribution in [1.29, 1.82) is 0 Å². The molecule has 3 rings (SSSR count). The van der Waals surface area contributed by atoms with Crippen LogP contribution in [0.2, 0.25) is 0 Å². The van der Waals surface area contributed by atoms with Gasteiger partial charge in [0.25, 0.3) is 0 Å². The van der Waals surface area contributed by atoms with Crippen molar-refractivity contribution in [1.82, 2.24) is 15.1 Å². The van der Waals surface area contributed by atoms with Crippen molar-refractivity contribution in [3.8, 4) is 0 Å². The highest BCUT2D eigenvalue weighted by atomic mass is 16.5. The van der Waals surface area contributed by atoms with E-state index in [1.54, 1.807) is 13.3 Å². The second-order valence-electron chi connectivity index (χ2n) is 6.70. The lowest BCUT2D eigenvalue weighted by Gasteiger charge is -2.28. The molecule has 0 spiro atoms. The molecule has 7 heteroatoms. The molecule has 0 amide bonds. The van der Waals surface area contributed by atoms with Crippen molar-refractivity contribution in [3.05, 3.63) is 35.6 Å². The van der Waals surface area contributed by atoms with Crippen LogP contribution in [0.25, 0.3) is 0 Å². The Balaban J connectivity index is 1.65. The average Bonchev–Trinajstić information content (AvgIpc) is 3.38. The smallest absolute Gasteiger partial charge is 0.153 e. The third kappa shape index (κ3) is 4.85. The summed E-state index contributed by atoms with van der Waals surface area (Å²) in [7, 11) is 1.64. The molecule has 2 heterocycles. The van der Waals surface area contributed by atoms with Gasteiger partial charge in [-0.15, -0.1) is 0 Å². The van der Waals surface area contributed by atoms with Crippen LogP contribution in [-0.4, -0.2) is 48.1 Å². The normalized spacial score (nSPS) is 19.2. The van der Waals surface area contributed by atoms with Crippen LogP contribution < -0.4 is 11.1 Å². The van der Waals surface area contributed by atoms with Gasteiger partial charge in [0.2, 0.25) is 0 Å². The largest absolute Gasteiger partial charge is 0.385 e. The second kappa shape index (κ2) is 8.20. The molecule has 0 bridgehead atoms. The lowest BCUT2D eigenvalue weighted by atomic mass is 10.1. The third-order valence-corrected chi connectivity index (χ3v) is 4.61. The van der Waals surface area contributed by atoms with Crippen LogP contribution in [0.4, 0.5) is 5.82 Å². The Hall–Kier alpha value is -2.28. The van der Waals surface area contributed by atoms with Crippen molar-refractivity contribution in [2.75, 3.05) is 32.1 Å². The van der Waals surface area contributed by atoms with E-state index in [-0.39, 0.29) is 0 Å². The van der Waals surface area contributed by atoms with E-state index >= 15 is 0 Å². The molecule has 25 heavy (non-hydrogen) atoms. The zero-order chi connectivity index (χ0) is 17.6. The maximum absolute atomic E-state index is 6.20. The molecule has 0 aromatic carbocycles. The van der Waals surface area contributed by atoms with Crippen molar-refractivity contribution >= 4 is 12.0 Å². The monoisotopic (exact) mass is 344 g/mol. The van der Waals surface area contributed by atoms with Gasteiger partial charge in [-0.05, 0) is 32.1 Å². The number of piperidine rings is 1. The van der Waals surface area contributed by atoms with Gasteiger partial charge in [-0.3, -0.25) is 5.10 Å². The molecular weight excluding hydrogens is 316 g/mol. The van der Waals surface area contributed by atoms with Crippen LogP contribution in [0.15, 0.2) is 34.9 Å². The average molecular weight is 344 g/mol. The van der Waals surface area contributed by atoms with Gasteiger partial charge < -0.3 is 20.7 Å². The molecule has 1 aliphatic carbocycles. The standard InChI is InChI=1S/C18H28N6O/c1-13(24-8-4-3-5-9-24)20-11-15(12-25-2)18(19)21-17-10-16(22-23-17)14-6-7-14/h10-11,14H,1,3-9,12,19H2,2H3,(H2,21,22,23)/b18-15-,20-11-. The van der Waals surface area contributed by atoms with Crippen molar-refractivity contribution in [2.45, 2.75) is 38.0 Å². The summed E-state index contributed by atoms with van der Waals surface area (Å²) in [6.07, 6.45) is 7.87. The van der Waals surface area contributed by atoms with E-state index < -0.39 is 0 Å². The first kappa shape index (κ1) is 17.5. The van der Waals surface area contributed by atoms with Crippen LogP contribution in [0.1, 0.15) is 43.7 Å². The number of rotatable bonds is 8. The Morgan fingerprint density at radius 2 is 2.24 bits per heavy atom. The Morgan fingerprint density at radius 1 is 1.48 bits per heavy atom. The Bertz CT molecular complexity index is 652. The number of nitrogens with two attached hydrogens (primary N) is 1. The molecular formula is C18H28N6O. The highest BCUT2D eigenvalue weighted by Crippen LogP contribution is 2.39. The number of methoxy groups -OCH3 is 1. The number of hydrogen-bond donors (Lipinski definition) is 3. The first-order valence-electron chi connectivity index (χ1n) is 8.95. The molecule has 1 aromatic heterocycles. The molecule has 0 atom stereocenters. The van der Waals surface area contributed by atoms with E-state index in [9.17, 15) is 0 Å². The molecule has 1 aliphatic heterocycles. The Kier molecular flexibility index (Phi) is 5.75. The van der Waals surface area contributed by atoms with Crippen molar-refractivity contribution in [2.24, 2.45) is 10.7 Å². The van der Waals surface area contributed by atoms with Gasteiger partial charge in [0.05, 0.1) is 6.61 Å². The van der Waals surface area contributed by atoms with Crippen LogP contribution in [0.5, 0.6) is 0 Å². The maximum Gasteiger partial charge on any atom is 0.153 e. The number of aromatic amines is 1. The fourth-order valence-electron chi connectivity index (χ4n) is 2.95. The number of H-pyrrole nitrogens is 1. The minimum absolute atomic E-state index is 0.371. The number of ether oxygens (including phenoxy) is 1. The maximum atomic E-state index is 6.20. The van der Waals surface area contributed by atoms with E-state index in [0.717, 1.165) is 36.0 Å². The minimum Gasteiger partial charge on any atom is -0.385 e. The van der Waals surface area contributed by atoms with Crippen LogP contribution >= 0.6 is 0 Å². The lowest BCUT2D eigenvalue weighted by Crippen LogP contribution is -2.28. The number of hydrogen-bond acceptors (Lipinski definition) is 6. The molecule has 7 nitrogen and oxygen atoms in total. The van der Waals surface area contributed by atoms with Crippen molar-refractivity contribution < 1.29 is 4.74 Å². The highest BCUT2D eigenvalue weighted by Gasteiger charge is 2.25. The summed E-state index contributed by atoms with van der Waals surface area (Å²) in [5.74, 6) is 2.61. The molecule has 1 saturated heterocycles. The predicted molar refractivity (Wildman–Crippen MR) is 100 cm³/mol. The first-order valence-corrected chi connectivity index (χ1v) is 8.95. The van der Waals surface area contributed by atoms with Crippen LogP contribution in [0, 0.1) is 0 Å². The number of aliphatic imine (C=N–C) groups is 1. The Morgan fingerprint density at radius 3 is 2.92 bits per heavy atom. The summed E-state index contributed by atoms with van der Waals surface area (Å²) in [5, 5.41) is 10.5. The van der Waals surface area contributed by atoms with E-state index in [4.69, 9.17) is 10.5 Å². The van der Waals surface area contributed by atoms with Gasteiger partial charge in [-0.1, -0.05) is 6.58 Å². The van der Waals surface area contributed by atoms with Gasteiger partial charge in [-0.25, -0.2) is 4.99 Å². The summed E-state index contributed by atoms with van der Waals surface area (Å²) in [6.45, 7) is 6.48. The van der Waals surface area contributed by atoms with Crippen molar-refractivity contribution in [3.63, 3.8) is 0 Å². The number of anilines is 1. The zero-order valence-corrected chi connectivity index (χ0v) is 14.9. The second-order valence-corrected chi connectivity index (χ2v) is 6.70. The van der Waals surface area contributed by atoms with Gasteiger partial charge in [0.15, 0.2) is 5.82 Å².